The maximum atomic E-state index is 11.5. The van der Waals surface area contributed by atoms with Gasteiger partial charge in [-0.3, -0.25) is 0 Å². The molecule has 18 heavy (non-hydrogen) atoms. The number of nitrogens with one attached hydrogen (secondary N) is 3. The Morgan fingerprint density at radius 3 is 2.39 bits per heavy atom. The molecule has 0 aliphatic carbocycles. The standard InChI is InChI=1S/C12H18N4O2/c1-3-7-14-12(18)16-10-6-4-5-9(8(10)2)15-11(13)17/h4-6H,3,7H2,1-2H3,(H3,13,15,17)(H2,14,16,18). The number of carbonyl (C=O) groups is 2. The first kappa shape index (κ1) is 13.8. The number of hydrogen-bond acceptors (Lipinski definition) is 2. The molecule has 0 saturated heterocycles. The number of anilines is 2. The highest BCUT2D eigenvalue weighted by atomic mass is 16.2. The maximum absolute atomic E-state index is 11.5. The first-order valence-corrected chi connectivity index (χ1v) is 5.75. The van der Waals surface area contributed by atoms with Crippen LogP contribution in [0.2, 0.25) is 0 Å². The van der Waals surface area contributed by atoms with Gasteiger partial charge in [0.15, 0.2) is 0 Å². The van der Waals surface area contributed by atoms with Crippen LogP contribution < -0.4 is 21.7 Å². The number of amides is 4. The van der Waals surface area contributed by atoms with Crippen LogP contribution in [0.15, 0.2) is 18.2 Å². The van der Waals surface area contributed by atoms with E-state index in [1.54, 1.807) is 25.1 Å². The molecule has 1 rings (SSSR count). The van der Waals surface area contributed by atoms with Crippen molar-refractivity contribution in [3.8, 4) is 0 Å². The summed E-state index contributed by atoms with van der Waals surface area (Å²) in [6.45, 7) is 4.38. The summed E-state index contributed by atoms with van der Waals surface area (Å²) in [7, 11) is 0. The van der Waals surface area contributed by atoms with E-state index in [0.717, 1.165) is 12.0 Å². The molecule has 0 heterocycles. The predicted octanol–water partition coefficient (Wildman–Crippen LogP) is 2.02. The number of carbonyl (C=O) groups excluding carboxylic acids is 2. The van der Waals surface area contributed by atoms with Gasteiger partial charge >= 0.3 is 12.1 Å². The van der Waals surface area contributed by atoms with E-state index < -0.39 is 6.03 Å². The molecule has 0 spiro atoms. The summed E-state index contributed by atoms with van der Waals surface area (Å²) in [6, 6.07) is 4.30. The number of benzene rings is 1. The third-order valence-electron chi connectivity index (χ3n) is 2.38. The highest BCUT2D eigenvalue weighted by molar-refractivity contribution is 5.94. The first-order valence-electron chi connectivity index (χ1n) is 5.75. The molecule has 0 atom stereocenters. The van der Waals surface area contributed by atoms with Gasteiger partial charge in [-0.2, -0.15) is 0 Å². The van der Waals surface area contributed by atoms with Crippen LogP contribution >= 0.6 is 0 Å². The number of nitrogens with two attached hydrogens (primary N) is 1. The van der Waals surface area contributed by atoms with E-state index in [-0.39, 0.29) is 6.03 Å². The normalized spacial score (nSPS) is 9.67. The van der Waals surface area contributed by atoms with Gasteiger partial charge in [-0.15, -0.1) is 0 Å². The molecule has 0 unspecified atom stereocenters. The number of rotatable bonds is 4. The Kier molecular flexibility index (Phi) is 4.98. The number of primary amides is 1. The van der Waals surface area contributed by atoms with E-state index in [1.165, 1.54) is 0 Å². The van der Waals surface area contributed by atoms with E-state index in [2.05, 4.69) is 16.0 Å². The Bertz CT molecular complexity index is 446. The highest BCUT2D eigenvalue weighted by Crippen LogP contribution is 2.22. The van der Waals surface area contributed by atoms with Crippen LogP contribution in [0.25, 0.3) is 0 Å². The van der Waals surface area contributed by atoms with Crippen LogP contribution in [-0.2, 0) is 0 Å². The molecule has 0 saturated carbocycles. The minimum absolute atomic E-state index is 0.267. The summed E-state index contributed by atoms with van der Waals surface area (Å²) in [5.41, 5.74) is 7.03. The van der Waals surface area contributed by atoms with Crippen molar-refractivity contribution in [2.24, 2.45) is 5.73 Å². The summed E-state index contributed by atoms with van der Waals surface area (Å²) in [6.07, 6.45) is 0.871. The van der Waals surface area contributed by atoms with Gasteiger partial charge in [-0.25, -0.2) is 9.59 Å². The molecule has 0 aliphatic rings. The Hall–Kier alpha value is -2.24. The van der Waals surface area contributed by atoms with Crippen LogP contribution in [0.3, 0.4) is 0 Å². The molecular formula is C12H18N4O2. The molecule has 0 radical (unpaired) electrons. The Morgan fingerprint density at radius 2 is 1.83 bits per heavy atom. The minimum atomic E-state index is -0.634. The monoisotopic (exact) mass is 250 g/mol. The van der Waals surface area contributed by atoms with Crippen LogP contribution in [-0.4, -0.2) is 18.6 Å². The second-order valence-electron chi connectivity index (χ2n) is 3.85. The lowest BCUT2D eigenvalue weighted by Crippen LogP contribution is -2.29. The van der Waals surface area contributed by atoms with Crippen LogP contribution in [0, 0.1) is 6.92 Å². The second-order valence-corrected chi connectivity index (χ2v) is 3.85. The van der Waals surface area contributed by atoms with Gasteiger partial charge in [0.25, 0.3) is 0 Å². The fourth-order valence-corrected chi connectivity index (χ4v) is 1.44. The summed E-state index contributed by atoms with van der Waals surface area (Å²) < 4.78 is 0. The van der Waals surface area contributed by atoms with E-state index in [4.69, 9.17) is 5.73 Å². The Balaban J connectivity index is 2.77. The van der Waals surface area contributed by atoms with Crippen molar-refractivity contribution in [1.29, 1.82) is 0 Å². The predicted molar refractivity (Wildman–Crippen MR) is 71.7 cm³/mol. The lowest BCUT2D eigenvalue weighted by atomic mass is 10.1. The molecule has 1 aromatic rings. The topological polar surface area (TPSA) is 96.2 Å². The summed E-state index contributed by atoms with van der Waals surface area (Å²) >= 11 is 0. The van der Waals surface area contributed by atoms with E-state index in [9.17, 15) is 9.59 Å². The van der Waals surface area contributed by atoms with Gasteiger partial charge < -0.3 is 21.7 Å². The molecule has 4 amide bonds. The molecule has 0 aliphatic heterocycles. The quantitative estimate of drug-likeness (QED) is 0.657. The Morgan fingerprint density at radius 1 is 1.22 bits per heavy atom. The van der Waals surface area contributed by atoms with Gasteiger partial charge in [0.2, 0.25) is 0 Å². The fraction of sp³-hybridized carbons (Fsp3) is 0.333. The van der Waals surface area contributed by atoms with Crippen LogP contribution in [0.5, 0.6) is 0 Å². The molecule has 1 aromatic carbocycles. The van der Waals surface area contributed by atoms with Crippen LogP contribution in [0.4, 0.5) is 21.0 Å². The van der Waals surface area contributed by atoms with Gasteiger partial charge in [0.05, 0.1) is 0 Å². The number of hydrogen-bond donors (Lipinski definition) is 4. The average molecular weight is 250 g/mol. The average Bonchev–Trinajstić information content (AvgIpc) is 2.31. The third kappa shape index (κ3) is 3.97. The van der Waals surface area contributed by atoms with Gasteiger partial charge in [-0.05, 0) is 31.0 Å². The van der Waals surface area contributed by atoms with Crippen molar-refractivity contribution in [3.63, 3.8) is 0 Å². The summed E-state index contributed by atoms with van der Waals surface area (Å²) in [5.74, 6) is 0. The molecule has 98 valence electrons. The van der Waals surface area contributed by atoms with Gasteiger partial charge in [0, 0.05) is 17.9 Å². The van der Waals surface area contributed by atoms with Crippen molar-refractivity contribution in [2.45, 2.75) is 20.3 Å². The SMILES string of the molecule is CCCNC(=O)Nc1cccc(NC(N)=O)c1C. The van der Waals surface area contributed by atoms with Crippen molar-refractivity contribution >= 4 is 23.4 Å². The molecule has 6 nitrogen and oxygen atoms in total. The zero-order valence-corrected chi connectivity index (χ0v) is 10.5. The smallest absolute Gasteiger partial charge is 0.319 e. The maximum Gasteiger partial charge on any atom is 0.319 e. The van der Waals surface area contributed by atoms with E-state index in [0.29, 0.717) is 17.9 Å². The van der Waals surface area contributed by atoms with Crippen molar-refractivity contribution in [2.75, 3.05) is 17.2 Å². The molecule has 0 aromatic heterocycles. The van der Waals surface area contributed by atoms with Crippen molar-refractivity contribution in [3.05, 3.63) is 23.8 Å². The molecule has 0 bridgehead atoms. The summed E-state index contributed by atoms with van der Waals surface area (Å²) in [5, 5.41) is 7.92. The zero-order valence-electron chi connectivity index (χ0n) is 10.5. The lowest BCUT2D eigenvalue weighted by molar-refractivity contribution is 0.252. The molecule has 5 N–H and O–H groups in total. The molecule has 6 heteroatoms. The van der Waals surface area contributed by atoms with E-state index >= 15 is 0 Å². The van der Waals surface area contributed by atoms with Crippen molar-refractivity contribution in [1.82, 2.24) is 5.32 Å². The summed E-state index contributed by atoms with van der Waals surface area (Å²) in [4.78, 5) is 22.3. The minimum Gasteiger partial charge on any atom is -0.351 e. The van der Waals surface area contributed by atoms with Crippen molar-refractivity contribution < 1.29 is 9.59 Å². The zero-order chi connectivity index (χ0) is 13.5. The van der Waals surface area contributed by atoms with E-state index in [1.807, 2.05) is 6.92 Å². The van der Waals surface area contributed by atoms with Gasteiger partial charge in [-0.1, -0.05) is 13.0 Å². The largest absolute Gasteiger partial charge is 0.351 e. The van der Waals surface area contributed by atoms with Gasteiger partial charge in [0.1, 0.15) is 0 Å². The van der Waals surface area contributed by atoms with Crippen LogP contribution in [0.1, 0.15) is 18.9 Å². The Labute approximate surface area is 106 Å². The molecular weight excluding hydrogens is 232 g/mol. The third-order valence-corrected chi connectivity index (χ3v) is 2.38. The molecule has 0 fully saturated rings. The lowest BCUT2D eigenvalue weighted by Gasteiger charge is -2.12. The first-order chi connectivity index (χ1) is 8.54. The highest BCUT2D eigenvalue weighted by Gasteiger charge is 2.07. The number of urea groups is 2. The second kappa shape index (κ2) is 6.48. The fourth-order valence-electron chi connectivity index (χ4n) is 1.44.